The molecule has 2 aliphatic rings. The highest BCUT2D eigenvalue weighted by Crippen LogP contribution is 2.32. The van der Waals surface area contributed by atoms with Gasteiger partial charge in [-0.1, -0.05) is 18.2 Å². The Morgan fingerprint density at radius 3 is 2.95 bits per heavy atom. The van der Waals surface area contributed by atoms with Gasteiger partial charge in [-0.15, -0.1) is 11.3 Å². The molecule has 0 saturated carbocycles. The van der Waals surface area contributed by atoms with E-state index in [9.17, 15) is 4.79 Å². The van der Waals surface area contributed by atoms with E-state index in [0.29, 0.717) is 23.1 Å². The number of thiocarbonyl (C=S) groups is 1. The van der Waals surface area contributed by atoms with E-state index in [-0.39, 0.29) is 5.91 Å². The van der Waals surface area contributed by atoms with Crippen LogP contribution in [-0.4, -0.2) is 27.7 Å². The number of para-hydroxylation sites is 1. The van der Waals surface area contributed by atoms with E-state index in [2.05, 4.69) is 4.99 Å². The zero-order chi connectivity index (χ0) is 14.4. The van der Waals surface area contributed by atoms with Gasteiger partial charge in [0.15, 0.2) is 0 Å². The van der Waals surface area contributed by atoms with Gasteiger partial charge in [0.05, 0.1) is 6.54 Å². The quantitative estimate of drug-likeness (QED) is 0.800. The van der Waals surface area contributed by atoms with Crippen LogP contribution in [-0.2, 0) is 11.3 Å². The third-order valence-corrected chi connectivity index (χ3v) is 4.66. The lowest BCUT2D eigenvalue weighted by Crippen LogP contribution is -2.49. The topological polar surface area (TPSA) is 41.9 Å². The molecule has 0 fully saturated rings. The number of aliphatic imine (C=N–C) groups is 1. The van der Waals surface area contributed by atoms with Crippen LogP contribution in [0.25, 0.3) is 0 Å². The summed E-state index contributed by atoms with van der Waals surface area (Å²) in [5, 5.41) is 2.28. The Morgan fingerprint density at radius 2 is 2.14 bits per heavy atom. The Bertz CT molecular complexity index is 768. The van der Waals surface area contributed by atoms with Crippen LogP contribution in [0.3, 0.4) is 0 Å². The number of fused-ring (bicyclic) bond motifs is 3. The zero-order valence-corrected chi connectivity index (χ0v) is 12.5. The Hall–Kier alpha value is -2.05. The first-order chi connectivity index (χ1) is 10.2. The van der Waals surface area contributed by atoms with Crippen molar-refractivity contribution in [3.8, 4) is 5.75 Å². The van der Waals surface area contributed by atoms with E-state index in [1.54, 1.807) is 11.3 Å². The second kappa shape index (κ2) is 4.75. The van der Waals surface area contributed by atoms with Crippen molar-refractivity contribution in [2.45, 2.75) is 12.6 Å². The van der Waals surface area contributed by atoms with Gasteiger partial charge in [0.1, 0.15) is 11.5 Å². The molecule has 0 saturated heterocycles. The molecule has 1 atom stereocenters. The SMILES string of the molecule is O=C1C2Oc3ccccc3C2=NC(=S)N1Cc1cccs1. The Kier molecular flexibility index (Phi) is 2.87. The summed E-state index contributed by atoms with van der Waals surface area (Å²) in [4.78, 5) is 19.7. The van der Waals surface area contributed by atoms with Crippen molar-refractivity contribution in [3.05, 3.63) is 52.2 Å². The maximum absolute atomic E-state index is 12.6. The second-order valence-electron chi connectivity index (χ2n) is 4.78. The predicted molar refractivity (Wildman–Crippen MR) is 84.9 cm³/mol. The molecular formula is C15H10N2O2S2. The Balaban J connectivity index is 1.70. The van der Waals surface area contributed by atoms with Crippen molar-refractivity contribution in [1.29, 1.82) is 0 Å². The van der Waals surface area contributed by atoms with Crippen LogP contribution in [0.5, 0.6) is 5.75 Å². The van der Waals surface area contributed by atoms with Crippen molar-refractivity contribution in [3.63, 3.8) is 0 Å². The number of benzene rings is 1. The molecule has 0 bridgehead atoms. The van der Waals surface area contributed by atoms with Gasteiger partial charge in [0.25, 0.3) is 5.91 Å². The summed E-state index contributed by atoms with van der Waals surface area (Å²) < 4.78 is 5.74. The largest absolute Gasteiger partial charge is 0.473 e. The van der Waals surface area contributed by atoms with Crippen molar-refractivity contribution >= 4 is 40.3 Å². The van der Waals surface area contributed by atoms with Crippen molar-refractivity contribution in [2.75, 3.05) is 0 Å². The first-order valence-electron chi connectivity index (χ1n) is 6.46. The molecule has 0 spiro atoms. The number of nitrogens with zero attached hydrogens (tertiary/aromatic N) is 2. The van der Waals surface area contributed by atoms with Gasteiger partial charge in [-0.25, -0.2) is 4.99 Å². The van der Waals surface area contributed by atoms with Crippen LogP contribution in [0.1, 0.15) is 10.4 Å². The van der Waals surface area contributed by atoms with Crippen LogP contribution < -0.4 is 4.74 Å². The fraction of sp³-hybridized carbons (Fsp3) is 0.133. The molecule has 21 heavy (non-hydrogen) atoms. The predicted octanol–water partition coefficient (Wildman–Crippen LogP) is 2.63. The van der Waals surface area contributed by atoms with Crippen LogP contribution in [0.4, 0.5) is 0 Å². The van der Waals surface area contributed by atoms with Crippen LogP contribution in [0.15, 0.2) is 46.8 Å². The third-order valence-electron chi connectivity index (χ3n) is 3.49. The monoisotopic (exact) mass is 314 g/mol. The van der Waals surface area contributed by atoms with Gasteiger partial charge < -0.3 is 4.74 Å². The fourth-order valence-electron chi connectivity index (χ4n) is 2.49. The lowest BCUT2D eigenvalue weighted by molar-refractivity contribution is -0.132. The summed E-state index contributed by atoms with van der Waals surface area (Å²) in [7, 11) is 0. The number of carbonyl (C=O) groups excluding carboxylic acids is 1. The normalized spacial score (nSPS) is 19.9. The summed E-state index contributed by atoms with van der Waals surface area (Å²) >= 11 is 6.89. The summed E-state index contributed by atoms with van der Waals surface area (Å²) in [6.45, 7) is 0.447. The van der Waals surface area contributed by atoms with E-state index in [1.807, 2.05) is 41.8 Å². The smallest absolute Gasteiger partial charge is 0.276 e. The highest BCUT2D eigenvalue weighted by Gasteiger charge is 2.43. The molecule has 1 aromatic heterocycles. The van der Waals surface area contributed by atoms with E-state index < -0.39 is 6.10 Å². The molecule has 104 valence electrons. The lowest BCUT2D eigenvalue weighted by atomic mass is 10.1. The van der Waals surface area contributed by atoms with Crippen LogP contribution in [0.2, 0.25) is 0 Å². The first-order valence-corrected chi connectivity index (χ1v) is 7.75. The van der Waals surface area contributed by atoms with Gasteiger partial charge in [-0.05, 0) is 35.8 Å². The number of hydrogen-bond donors (Lipinski definition) is 0. The first kappa shape index (κ1) is 12.7. The molecule has 6 heteroatoms. The average Bonchev–Trinajstić information content (AvgIpc) is 3.11. The van der Waals surface area contributed by atoms with Gasteiger partial charge >= 0.3 is 0 Å². The molecule has 0 N–H and O–H groups in total. The van der Waals surface area contributed by atoms with E-state index in [0.717, 1.165) is 10.4 Å². The molecule has 4 nitrogen and oxygen atoms in total. The van der Waals surface area contributed by atoms with Crippen molar-refractivity contribution in [1.82, 2.24) is 4.90 Å². The number of ether oxygens (including phenoxy) is 1. The highest BCUT2D eigenvalue weighted by molar-refractivity contribution is 7.80. The van der Waals surface area contributed by atoms with Gasteiger partial charge in [0, 0.05) is 10.4 Å². The van der Waals surface area contributed by atoms with E-state index in [1.165, 1.54) is 4.90 Å². The number of amides is 1. The van der Waals surface area contributed by atoms with E-state index >= 15 is 0 Å². The summed E-state index contributed by atoms with van der Waals surface area (Å²) in [5.74, 6) is 0.546. The number of carbonyl (C=O) groups is 1. The minimum Gasteiger partial charge on any atom is -0.473 e. The van der Waals surface area contributed by atoms with Gasteiger partial charge in [-0.3, -0.25) is 9.69 Å². The number of hydrogen-bond acceptors (Lipinski definition) is 4. The summed E-state index contributed by atoms with van der Waals surface area (Å²) in [6, 6.07) is 11.5. The summed E-state index contributed by atoms with van der Waals surface area (Å²) in [6.07, 6.45) is -0.672. The van der Waals surface area contributed by atoms with Gasteiger partial charge in [-0.2, -0.15) is 0 Å². The zero-order valence-electron chi connectivity index (χ0n) is 10.9. The molecule has 4 rings (SSSR count). The molecule has 0 aliphatic carbocycles. The lowest BCUT2D eigenvalue weighted by Gasteiger charge is -2.27. The average molecular weight is 314 g/mol. The minimum atomic E-state index is -0.672. The van der Waals surface area contributed by atoms with Crippen molar-refractivity contribution in [2.24, 2.45) is 4.99 Å². The number of rotatable bonds is 2. The van der Waals surface area contributed by atoms with Crippen molar-refractivity contribution < 1.29 is 9.53 Å². The van der Waals surface area contributed by atoms with Crippen LogP contribution >= 0.6 is 23.6 Å². The highest BCUT2D eigenvalue weighted by atomic mass is 32.1. The molecule has 0 radical (unpaired) electrons. The molecular weight excluding hydrogens is 304 g/mol. The number of thiophene rings is 1. The second-order valence-corrected chi connectivity index (χ2v) is 6.17. The van der Waals surface area contributed by atoms with Gasteiger partial charge in [0.2, 0.25) is 11.2 Å². The minimum absolute atomic E-state index is 0.144. The van der Waals surface area contributed by atoms with Crippen LogP contribution in [0, 0.1) is 0 Å². The molecule has 1 unspecified atom stereocenters. The standard InChI is InChI=1S/C15H10N2O2S2/c18-14-13-12(10-5-1-2-6-11(10)19-13)16-15(20)17(14)8-9-4-3-7-21-9/h1-7,13H,8H2. The van der Waals surface area contributed by atoms with E-state index in [4.69, 9.17) is 17.0 Å². The molecule has 2 aromatic rings. The molecule has 3 heterocycles. The molecule has 2 aliphatic heterocycles. The molecule has 1 amide bonds. The fourth-order valence-corrected chi connectivity index (χ4v) is 3.44. The summed E-state index contributed by atoms with van der Waals surface area (Å²) in [5.41, 5.74) is 1.48. The third kappa shape index (κ3) is 1.99. The Morgan fingerprint density at radius 1 is 1.29 bits per heavy atom. The Labute approximate surface area is 130 Å². The maximum Gasteiger partial charge on any atom is 0.276 e. The maximum atomic E-state index is 12.6. The molecule has 1 aromatic carbocycles.